The summed E-state index contributed by atoms with van der Waals surface area (Å²) in [5.74, 6) is -1.65. The number of ether oxygens (including phenoxy) is 2. The van der Waals surface area contributed by atoms with Gasteiger partial charge < -0.3 is 39.5 Å². The fourth-order valence-corrected chi connectivity index (χ4v) is 2.96. The normalized spacial score (nSPS) is 29.9. The molecule has 0 bridgehead atoms. The third-order valence-electron chi connectivity index (χ3n) is 2.99. The Morgan fingerprint density at radius 2 is 1.69 bits per heavy atom. The van der Waals surface area contributed by atoms with Crippen LogP contribution in [0, 0.1) is 0 Å². The molecule has 16 heteroatoms. The van der Waals surface area contributed by atoms with Gasteiger partial charge in [0.25, 0.3) is 0 Å². The van der Waals surface area contributed by atoms with Gasteiger partial charge in [0.15, 0.2) is 12.4 Å². The number of hydrogen-bond acceptors (Lipinski definition) is 9. The molecule has 0 aliphatic carbocycles. The van der Waals surface area contributed by atoms with Crippen molar-refractivity contribution in [2.45, 2.75) is 44.5 Å². The topological polar surface area (TPSA) is 218 Å². The third kappa shape index (κ3) is 7.76. The highest BCUT2D eigenvalue weighted by molar-refractivity contribution is 7.46. The second kappa shape index (κ2) is 8.85. The van der Waals surface area contributed by atoms with E-state index >= 15 is 0 Å². The van der Waals surface area contributed by atoms with Crippen LogP contribution in [0.2, 0.25) is 0 Å². The lowest BCUT2D eigenvalue weighted by Crippen LogP contribution is -2.65. The summed E-state index contributed by atoms with van der Waals surface area (Å²) in [6.45, 7) is 1.07. The van der Waals surface area contributed by atoms with Crippen molar-refractivity contribution in [3.8, 4) is 0 Å². The third-order valence-corrected chi connectivity index (χ3v) is 3.96. The molecule has 1 amide bonds. The van der Waals surface area contributed by atoms with E-state index in [0.717, 1.165) is 13.8 Å². The molecule has 1 fully saturated rings. The first-order valence-electron chi connectivity index (χ1n) is 6.91. The van der Waals surface area contributed by atoms with Gasteiger partial charge in [-0.1, -0.05) is 0 Å². The Labute approximate surface area is 146 Å². The highest BCUT2D eigenvalue weighted by Gasteiger charge is 2.50. The van der Waals surface area contributed by atoms with Crippen LogP contribution in [0.3, 0.4) is 0 Å². The maximum atomic E-state index is 11.3. The van der Waals surface area contributed by atoms with Crippen molar-refractivity contribution in [2.24, 2.45) is 0 Å². The van der Waals surface area contributed by atoms with Gasteiger partial charge in [-0.3, -0.25) is 18.6 Å². The second-order valence-corrected chi connectivity index (χ2v) is 7.65. The van der Waals surface area contributed by atoms with Crippen molar-refractivity contribution in [3.05, 3.63) is 0 Å². The number of phosphoric acid groups is 2. The van der Waals surface area contributed by atoms with Crippen molar-refractivity contribution >= 4 is 27.5 Å². The summed E-state index contributed by atoms with van der Waals surface area (Å²) in [5, 5.41) is 12.4. The smallest absolute Gasteiger partial charge is 0.457 e. The van der Waals surface area contributed by atoms with Gasteiger partial charge in [0.1, 0.15) is 18.2 Å². The van der Waals surface area contributed by atoms with E-state index in [4.69, 9.17) is 29.0 Å². The number of carbonyl (C=O) groups is 2. The molecule has 14 nitrogen and oxygen atoms in total. The molecule has 152 valence electrons. The van der Waals surface area contributed by atoms with Crippen molar-refractivity contribution < 1.29 is 61.9 Å². The molecule has 1 aliphatic rings. The lowest BCUT2D eigenvalue weighted by Gasteiger charge is -2.43. The Bertz CT molecular complexity index is 614. The van der Waals surface area contributed by atoms with E-state index in [-0.39, 0.29) is 0 Å². The Morgan fingerprint density at radius 3 is 2.12 bits per heavy atom. The zero-order valence-electron chi connectivity index (χ0n) is 13.5. The molecule has 1 rings (SSSR count). The number of nitrogens with one attached hydrogen (secondary N) is 1. The van der Waals surface area contributed by atoms with E-state index in [2.05, 4.69) is 14.4 Å². The number of phosphoric ester groups is 2. The largest absolute Gasteiger partial charge is 0.472 e. The van der Waals surface area contributed by atoms with E-state index in [1.807, 2.05) is 0 Å². The number of amides is 1. The quantitative estimate of drug-likeness (QED) is 0.188. The van der Waals surface area contributed by atoms with E-state index in [0.29, 0.717) is 0 Å². The van der Waals surface area contributed by atoms with E-state index in [1.54, 1.807) is 0 Å². The van der Waals surface area contributed by atoms with Gasteiger partial charge in [-0.15, -0.1) is 0 Å². The lowest BCUT2D eigenvalue weighted by atomic mass is 9.96. The molecule has 1 heterocycles. The molecule has 6 N–H and O–H groups in total. The van der Waals surface area contributed by atoms with Gasteiger partial charge in [-0.2, -0.15) is 0 Å². The Kier molecular flexibility index (Phi) is 7.87. The van der Waals surface area contributed by atoms with Crippen LogP contribution in [-0.4, -0.2) is 73.8 Å². The van der Waals surface area contributed by atoms with Crippen LogP contribution < -0.4 is 5.32 Å². The van der Waals surface area contributed by atoms with E-state index in [1.165, 1.54) is 0 Å². The predicted octanol–water partition coefficient (Wildman–Crippen LogP) is -2.27. The molecule has 0 aromatic heterocycles. The van der Waals surface area contributed by atoms with E-state index < -0.39 is 64.8 Å². The van der Waals surface area contributed by atoms with Gasteiger partial charge >= 0.3 is 21.6 Å². The zero-order valence-corrected chi connectivity index (χ0v) is 15.3. The van der Waals surface area contributed by atoms with Crippen LogP contribution in [0.25, 0.3) is 0 Å². The average Bonchev–Trinajstić information content (AvgIpc) is 2.41. The average molecular weight is 423 g/mol. The molecule has 1 aliphatic heterocycles. The first kappa shape index (κ1) is 23.1. The fraction of sp³-hybridized carbons (Fsp3) is 0.800. The number of aliphatic hydroxyl groups is 1. The molecule has 0 aromatic carbocycles. The lowest BCUT2D eigenvalue weighted by molar-refractivity contribution is -0.252. The number of rotatable bonds is 7. The van der Waals surface area contributed by atoms with Gasteiger partial charge in [0.2, 0.25) is 5.91 Å². The van der Waals surface area contributed by atoms with Gasteiger partial charge in [-0.25, -0.2) is 9.13 Å². The maximum Gasteiger partial charge on any atom is 0.472 e. The summed E-state index contributed by atoms with van der Waals surface area (Å²) in [6.07, 6.45) is -6.95. The predicted molar refractivity (Wildman–Crippen MR) is 79.0 cm³/mol. The zero-order chi connectivity index (χ0) is 20.3. The van der Waals surface area contributed by atoms with Crippen LogP contribution in [0.5, 0.6) is 0 Å². The highest BCUT2D eigenvalue weighted by Crippen LogP contribution is 2.42. The molecule has 5 atom stereocenters. The first-order valence-corrected chi connectivity index (χ1v) is 9.97. The highest BCUT2D eigenvalue weighted by atomic mass is 31.2. The van der Waals surface area contributed by atoms with Gasteiger partial charge in [-0.05, 0) is 0 Å². The minimum atomic E-state index is -5.17. The Balaban J connectivity index is 3.15. The molecular weight excluding hydrogens is 404 g/mol. The second-order valence-electron chi connectivity index (χ2n) is 5.22. The van der Waals surface area contributed by atoms with Crippen LogP contribution >= 0.6 is 15.6 Å². The Hall–Kier alpha value is -0.920. The summed E-state index contributed by atoms with van der Waals surface area (Å²) < 4.78 is 40.4. The summed E-state index contributed by atoms with van der Waals surface area (Å²) in [4.78, 5) is 58.0. The van der Waals surface area contributed by atoms with Crippen molar-refractivity contribution in [2.75, 3.05) is 6.61 Å². The summed E-state index contributed by atoms with van der Waals surface area (Å²) in [7, 11) is -10.1. The molecule has 0 saturated carbocycles. The molecular formula is C10H19NO13P2. The molecule has 26 heavy (non-hydrogen) atoms. The van der Waals surface area contributed by atoms with Crippen LogP contribution in [0.4, 0.5) is 0 Å². The minimum absolute atomic E-state index is 0.729. The maximum absolute atomic E-state index is 11.3. The van der Waals surface area contributed by atoms with Crippen LogP contribution in [0.15, 0.2) is 0 Å². The van der Waals surface area contributed by atoms with Gasteiger partial charge in [0, 0.05) is 13.8 Å². The summed E-state index contributed by atoms with van der Waals surface area (Å²) in [6, 6.07) is -1.54. The summed E-state index contributed by atoms with van der Waals surface area (Å²) >= 11 is 0. The molecule has 0 aromatic rings. The number of carbonyl (C=O) groups excluding carboxylic acids is 2. The molecule has 0 unspecified atom stereocenters. The van der Waals surface area contributed by atoms with Crippen molar-refractivity contribution in [1.82, 2.24) is 5.32 Å². The summed E-state index contributed by atoms with van der Waals surface area (Å²) in [5.41, 5.74) is 0. The molecule has 0 spiro atoms. The molecule has 0 radical (unpaired) electrons. The number of esters is 1. The minimum Gasteiger partial charge on any atom is -0.457 e. The van der Waals surface area contributed by atoms with Crippen molar-refractivity contribution in [3.63, 3.8) is 0 Å². The van der Waals surface area contributed by atoms with Crippen LogP contribution in [0.1, 0.15) is 13.8 Å². The number of aliphatic hydroxyl groups excluding tert-OH is 1. The molecule has 1 saturated heterocycles. The fourth-order valence-electron chi connectivity index (χ4n) is 2.17. The Morgan fingerprint density at radius 1 is 1.12 bits per heavy atom. The standard InChI is InChI=1S/C10H19NO13P2/c1-4(12)11-7-9(22-5(2)13)8(14)6(3-21-25(15,16)17)23-10(7)24-26(18,19)20/h6-10,14H,3H2,1-2H3,(H,11,12)(H2,15,16,17)(H2,18,19,20)/t6-,7+,8-,9-,10-/m1/s1. The first-order chi connectivity index (χ1) is 11.7. The van der Waals surface area contributed by atoms with Crippen LogP contribution in [-0.2, 0) is 37.2 Å². The SMILES string of the molecule is CC(=O)N[C@@H]1[C@@H](OP(=O)(O)O)O[C@H](COP(=O)(O)O)[C@@H](O)[C@@H]1OC(C)=O. The number of hydrogen-bond donors (Lipinski definition) is 6. The van der Waals surface area contributed by atoms with E-state index in [9.17, 15) is 23.8 Å². The monoisotopic (exact) mass is 423 g/mol. The van der Waals surface area contributed by atoms with Crippen molar-refractivity contribution in [1.29, 1.82) is 0 Å². The van der Waals surface area contributed by atoms with Gasteiger partial charge in [0.05, 0.1) is 6.61 Å².